The molecule has 0 aliphatic rings. The van der Waals surface area contributed by atoms with E-state index in [2.05, 4.69) is 28.0 Å². The SMILES string of the molecule is COc1ccc(OC)c(C(NN)c2cc(Cl)ccc2I)c1. The van der Waals surface area contributed by atoms with Crippen molar-refractivity contribution in [1.82, 2.24) is 5.43 Å². The molecule has 0 amide bonds. The van der Waals surface area contributed by atoms with Crippen LogP contribution in [-0.4, -0.2) is 14.2 Å². The standard InChI is InChI=1S/C15H16ClIN2O2/c1-20-10-4-6-14(21-2)12(8-10)15(19-18)11-7-9(16)3-5-13(11)17/h3-8,15,19H,18H2,1-2H3. The number of ether oxygens (including phenoxy) is 2. The molecular weight excluding hydrogens is 403 g/mol. The zero-order valence-corrected chi connectivity index (χ0v) is 14.6. The second-order valence-corrected chi connectivity index (χ2v) is 5.97. The Morgan fingerprint density at radius 2 is 1.86 bits per heavy atom. The molecule has 0 spiro atoms. The Morgan fingerprint density at radius 1 is 1.10 bits per heavy atom. The molecule has 0 saturated heterocycles. The first-order valence-corrected chi connectivity index (χ1v) is 7.69. The minimum absolute atomic E-state index is 0.249. The Balaban J connectivity index is 2.57. The van der Waals surface area contributed by atoms with Crippen LogP contribution in [0.4, 0.5) is 0 Å². The maximum absolute atomic E-state index is 6.11. The summed E-state index contributed by atoms with van der Waals surface area (Å²) in [7, 11) is 3.25. The van der Waals surface area contributed by atoms with Gasteiger partial charge >= 0.3 is 0 Å². The van der Waals surface area contributed by atoms with E-state index in [1.54, 1.807) is 14.2 Å². The van der Waals surface area contributed by atoms with E-state index in [1.165, 1.54) is 0 Å². The lowest BCUT2D eigenvalue weighted by Crippen LogP contribution is -2.29. The Kier molecular flexibility index (Phi) is 5.69. The van der Waals surface area contributed by atoms with Crippen molar-refractivity contribution in [2.75, 3.05) is 14.2 Å². The maximum atomic E-state index is 6.11. The Labute approximate surface area is 142 Å². The lowest BCUT2D eigenvalue weighted by atomic mass is 9.98. The van der Waals surface area contributed by atoms with Gasteiger partial charge in [0.1, 0.15) is 11.5 Å². The molecule has 6 heteroatoms. The molecule has 1 atom stereocenters. The van der Waals surface area contributed by atoms with Crippen LogP contribution >= 0.6 is 34.2 Å². The normalized spacial score (nSPS) is 12.0. The van der Waals surface area contributed by atoms with Gasteiger partial charge in [0.15, 0.2) is 0 Å². The van der Waals surface area contributed by atoms with Gasteiger partial charge in [-0.15, -0.1) is 0 Å². The fourth-order valence-electron chi connectivity index (χ4n) is 2.15. The van der Waals surface area contributed by atoms with Crippen LogP contribution in [0.2, 0.25) is 5.02 Å². The highest BCUT2D eigenvalue weighted by molar-refractivity contribution is 14.1. The van der Waals surface area contributed by atoms with E-state index in [0.717, 1.165) is 26.2 Å². The molecule has 2 rings (SSSR count). The molecule has 0 aliphatic heterocycles. The molecule has 0 heterocycles. The summed E-state index contributed by atoms with van der Waals surface area (Å²) in [4.78, 5) is 0. The highest BCUT2D eigenvalue weighted by Gasteiger charge is 2.20. The van der Waals surface area contributed by atoms with Gasteiger partial charge in [-0.25, -0.2) is 5.43 Å². The van der Waals surface area contributed by atoms with Gasteiger partial charge in [0, 0.05) is 14.2 Å². The number of nitrogens with one attached hydrogen (secondary N) is 1. The van der Waals surface area contributed by atoms with Gasteiger partial charge in [-0.1, -0.05) is 11.6 Å². The smallest absolute Gasteiger partial charge is 0.124 e. The number of benzene rings is 2. The lowest BCUT2D eigenvalue weighted by Gasteiger charge is -2.21. The summed E-state index contributed by atoms with van der Waals surface area (Å²) < 4.78 is 11.8. The summed E-state index contributed by atoms with van der Waals surface area (Å²) >= 11 is 8.37. The van der Waals surface area contributed by atoms with Crippen LogP contribution in [0.3, 0.4) is 0 Å². The van der Waals surface area contributed by atoms with Crippen LogP contribution in [0.5, 0.6) is 11.5 Å². The van der Waals surface area contributed by atoms with Crippen molar-refractivity contribution in [3.05, 3.63) is 56.1 Å². The molecule has 0 radical (unpaired) electrons. The van der Waals surface area contributed by atoms with Gasteiger partial charge < -0.3 is 9.47 Å². The van der Waals surface area contributed by atoms with Gasteiger partial charge in [0.2, 0.25) is 0 Å². The summed E-state index contributed by atoms with van der Waals surface area (Å²) in [6, 6.07) is 11.1. The monoisotopic (exact) mass is 418 g/mol. The lowest BCUT2D eigenvalue weighted by molar-refractivity contribution is 0.394. The predicted octanol–water partition coefficient (Wildman–Crippen LogP) is 3.51. The Morgan fingerprint density at radius 3 is 2.48 bits per heavy atom. The Hall–Kier alpha value is -1.02. The molecule has 3 N–H and O–H groups in total. The first-order valence-electron chi connectivity index (χ1n) is 6.23. The topological polar surface area (TPSA) is 56.5 Å². The van der Waals surface area contributed by atoms with Crippen LogP contribution in [0.25, 0.3) is 0 Å². The van der Waals surface area contributed by atoms with Crippen molar-refractivity contribution in [3.8, 4) is 11.5 Å². The van der Waals surface area contributed by atoms with E-state index in [0.29, 0.717) is 5.02 Å². The molecule has 2 aromatic rings. The molecule has 21 heavy (non-hydrogen) atoms. The highest BCUT2D eigenvalue weighted by Crippen LogP contribution is 2.35. The number of hydrazine groups is 1. The second-order valence-electron chi connectivity index (χ2n) is 4.37. The minimum Gasteiger partial charge on any atom is -0.497 e. The molecule has 0 aromatic heterocycles. The van der Waals surface area contributed by atoms with Crippen molar-refractivity contribution in [2.45, 2.75) is 6.04 Å². The van der Waals surface area contributed by atoms with E-state index in [1.807, 2.05) is 36.4 Å². The van der Waals surface area contributed by atoms with E-state index in [4.69, 9.17) is 26.9 Å². The highest BCUT2D eigenvalue weighted by atomic mass is 127. The van der Waals surface area contributed by atoms with Gasteiger partial charge in [-0.05, 0) is 64.6 Å². The summed E-state index contributed by atoms with van der Waals surface area (Å²) in [5.74, 6) is 7.25. The predicted molar refractivity (Wildman–Crippen MR) is 92.9 cm³/mol. The van der Waals surface area contributed by atoms with Crippen LogP contribution < -0.4 is 20.7 Å². The quantitative estimate of drug-likeness (QED) is 0.443. The molecular formula is C15H16ClIN2O2. The summed E-state index contributed by atoms with van der Waals surface area (Å²) in [5, 5.41) is 0.660. The van der Waals surface area contributed by atoms with Crippen molar-refractivity contribution in [3.63, 3.8) is 0 Å². The Bertz CT molecular complexity index is 637. The van der Waals surface area contributed by atoms with Crippen LogP contribution in [0.1, 0.15) is 17.2 Å². The van der Waals surface area contributed by atoms with Crippen molar-refractivity contribution in [2.24, 2.45) is 5.84 Å². The summed E-state index contributed by atoms with van der Waals surface area (Å²) in [6.45, 7) is 0. The zero-order chi connectivity index (χ0) is 15.4. The number of halogens is 2. The molecule has 0 saturated carbocycles. The fraction of sp³-hybridized carbons (Fsp3) is 0.200. The number of methoxy groups -OCH3 is 2. The van der Waals surface area contributed by atoms with Gasteiger partial charge in [-0.3, -0.25) is 5.84 Å². The van der Waals surface area contributed by atoms with E-state index in [-0.39, 0.29) is 6.04 Å². The number of hydrogen-bond acceptors (Lipinski definition) is 4. The number of nitrogens with two attached hydrogens (primary N) is 1. The number of hydrogen-bond donors (Lipinski definition) is 2. The van der Waals surface area contributed by atoms with Crippen molar-refractivity contribution < 1.29 is 9.47 Å². The summed E-state index contributed by atoms with van der Waals surface area (Å²) in [6.07, 6.45) is 0. The van der Waals surface area contributed by atoms with Gasteiger partial charge in [0.05, 0.1) is 20.3 Å². The molecule has 0 fully saturated rings. The van der Waals surface area contributed by atoms with Gasteiger partial charge in [0.25, 0.3) is 0 Å². The third-order valence-electron chi connectivity index (χ3n) is 3.18. The second kappa shape index (κ2) is 7.31. The zero-order valence-electron chi connectivity index (χ0n) is 11.7. The van der Waals surface area contributed by atoms with E-state index in [9.17, 15) is 0 Å². The fourth-order valence-corrected chi connectivity index (χ4v) is 2.98. The molecule has 1 unspecified atom stereocenters. The first kappa shape index (κ1) is 16.4. The van der Waals surface area contributed by atoms with Crippen molar-refractivity contribution >= 4 is 34.2 Å². The average molecular weight is 419 g/mol. The molecule has 4 nitrogen and oxygen atoms in total. The molecule has 0 aliphatic carbocycles. The van der Waals surface area contributed by atoms with E-state index >= 15 is 0 Å². The summed E-state index contributed by atoms with van der Waals surface area (Å²) in [5.41, 5.74) is 4.70. The van der Waals surface area contributed by atoms with Crippen LogP contribution in [0.15, 0.2) is 36.4 Å². The van der Waals surface area contributed by atoms with E-state index < -0.39 is 0 Å². The third-order valence-corrected chi connectivity index (χ3v) is 4.40. The third kappa shape index (κ3) is 3.60. The number of rotatable bonds is 5. The minimum atomic E-state index is -0.249. The van der Waals surface area contributed by atoms with Crippen molar-refractivity contribution in [1.29, 1.82) is 0 Å². The molecule has 2 aromatic carbocycles. The van der Waals surface area contributed by atoms with Crippen LogP contribution in [0, 0.1) is 3.57 Å². The first-order chi connectivity index (χ1) is 10.1. The largest absolute Gasteiger partial charge is 0.497 e. The maximum Gasteiger partial charge on any atom is 0.124 e. The average Bonchev–Trinajstić information content (AvgIpc) is 2.51. The molecule has 112 valence electrons. The molecule has 0 bridgehead atoms. The van der Waals surface area contributed by atoms with Gasteiger partial charge in [-0.2, -0.15) is 0 Å². The van der Waals surface area contributed by atoms with Crippen LogP contribution in [-0.2, 0) is 0 Å².